The van der Waals surface area contributed by atoms with Gasteiger partial charge in [0, 0.05) is 37.3 Å². The van der Waals surface area contributed by atoms with Crippen LogP contribution in [0.5, 0.6) is 0 Å². The van der Waals surface area contributed by atoms with E-state index in [0.717, 1.165) is 42.1 Å². The topological polar surface area (TPSA) is 79.7 Å². The second-order valence-corrected chi connectivity index (χ2v) is 6.33. The highest BCUT2D eigenvalue weighted by molar-refractivity contribution is 5.77. The summed E-state index contributed by atoms with van der Waals surface area (Å²) < 4.78 is 1.80. The molecule has 124 valence electrons. The number of fused-ring (bicyclic) bond motifs is 1. The first kappa shape index (κ1) is 14.9. The second kappa shape index (κ2) is 6.07. The lowest BCUT2D eigenvalue weighted by molar-refractivity contribution is -0.130. The lowest BCUT2D eigenvalue weighted by atomic mass is 10.1. The molecule has 1 fully saturated rings. The Hall–Kier alpha value is -2.70. The van der Waals surface area contributed by atoms with E-state index in [2.05, 4.69) is 20.3 Å². The van der Waals surface area contributed by atoms with E-state index < -0.39 is 0 Å². The van der Waals surface area contributed by atoms with Gasteiger partial charge in [-0.05, 0) is 25.5 Å². The number of aryl methyl sites for hydroxylation is 2. The van der Waals surface area contributed by atoms with E-state index in [1.807, 2.05) is 42.3 Å². The molecule has 4 rings (SSSR count). The maximum Gasteiger partial charge on any atom is 0.224 e. The molecule has 1 aliphatic heterocycles. The Balaban J connectivity index is 1.37. The third kappa shape index (κ3) is 2.77. The first-order valence-corrected chi connectivity index (χ1v) is 8.28. The molecular weight excluding hydrogens is 304 g/mol. The van der Waals surface area contributed by atoms with Crippen LogP contribution in [0.3, 0.4) is 0 Å². The number of nitrogens with zero attached hydrogens (tertiary/aromatic N) is 5. The number of nitrogens with one attached hydrogen (secondary N) is 1. The number of benzene rings is 1. The minimum atomic E-state index is 0.167. The number of amides is 1. The van der Waals surface area contributed by atoms with Crippen molar-refractivity contribution in [1.82, 2.24) is 29.9 Å². The predicted octanol–water partition coefficient (Wildman–Crippen LogP) is 1.87. The summed E-state index contributed by atoms with van der Waals surface area (Å²) >= 11 is 0. The highest BCUT2D eigenvalue weighted by Crippen LogP contribution is 2.25. The average Bonchev–Trinajstić information content (AvgIpc) is 3.31. The summed E-state index contributed by atoms with van der Waals surface area (Å²) in [5.74, 6) is 1.47. The zero-order valence-electron chi connectivity index (χ0n) is 13.6. The molecule has 1 atom stereocenters. The van der Waals surface area contributed by atoms with Crippen LogP contribution in [0.2, 0.25) is 0 Å². The van der Waals surface area contributed by atoms with Gasteiger partial charge in [-0.1, -0.05) is 17.3 Å². The molecule has 3 heterocycles. The Bertz CT molecular complexity index is 867. The van der Waals surface area contributed by atoms with Gasteiger partial charge < -0.3 is 9.88 Å². The van der Waals surface area contributed by atoms with E-state index in [1.54, 1.807) is 4.68 Å². The fourth-order valence-corrected chi connectivity index (χ4v) is 3.29. The molecule has 1 aliphatic rings. The van der Waals surface area contributed by atoms with Crippen LogP contribution in [0.4, 0.5) is 0 Å². The lowest BCUT2D eigenvalue weighted by Gasteiger charge is -2.16. The molecule has 2 aromatic heterocycles. The normalized spacial score (nSPS) is 17.7. The zero-order valence-corrected chi connectivity index (χ0v) is 13.6. The SMILES string of the molecule is Cc1cnc([C@@H]2CCN(C(=O)CCn3nnc4ccccc43)C2)[nH]1. The van der Waals surface area contributed by atoms with Crippen molar-refractivity contribution in [3.63, 3.8) is 0 Å². The standard InChI is InChI=1S/C17H20N6O/c1-12-10-18-17(19-12)13-6-8-22(11-13)16(24)7-9-23-15-5-3-2-4-14(15)20-21-23/h2-5,10,13H,6-9,11H2,1H3,(H,18,19)/t13-/m1/s1. The summed E-state index contributed by atoms with van der Waals surface area (Å²) in [5.41, 5.74) is 2.89. The summed E-state index contributed by atoms with van der Waals surface area (Å²) in [5, 5.41) is 8.26. The lowest BCUT2D eigenvalue weighted by Crippen LogP contribution is -2.29. The maximum absolute atomic E-state index is 12.5. The molecule has 3 aromatic rings. The predicted molar refractivity (Wildman–Crippen MR) is 89.4 cm³/mol. The molecule has 0 spiro atoms. The van der Waals surface area contributed by atoms with Gasteiger partial charge in [0.2, 0.25) is 5.91 Å². The van der Waals surface area contributed by atoms with Crippen molar-refractivity contribution in [2.24, 2.45) is 0 Å². The van der Waals surface area contributed by atoms with Gasteiger partial charge in [0.05, 0.1) is 12.1 Å². The van der Waals surface area contributed by atoms with Crippen molar-refractivity contribution < 1.29 is 4.79 Å². The van der Waals surface area contributed by atoms with Crippen molar-refractivity contribution >= 4 is 16.9 Å². The number of carbonyl (C=O) groups is 1. The number of hydrogen-bond acceptors (Lipinski definition) is 4. The van der Waals surface area contributed by atoms with Crippen molar-refractivity contribution in [3.05, 3.63) is 42.0 Å². The number of para-hydroxylation sites is 1. The van der Waals surface area contributed by atoms with Gasteiger partial charge in [0.25, 0.3) is 0 Å². The molecule has 1 N–H and O–H groups in total. The van der Waals surface area contributed by atoms with Crippen molar-refractivity contribution in [3.8, 4) is 0 Å². The van der Waals surface area contributed by atoms with E-state index >= 15 is 0 Å². The molecule has 7 heteroatoms. The average molecular weight is 324 g/mol. The molecule has 7 nitrogen and oxygen atoms in total. The summed E-state index contributed by atoms with van der Waals surface area (Å²) in [7, 11) is 0. The van der Waals surface area contributed by atoms with Gasteiger partial charge in [-0.25, -0.2) is 9.67 Å². The van der Waals surface area contributed by atoms with Crippen LogP contribution in [0, 0.1) is 6.92 Å². The van der Waals surface area contributed by atoms with Crippen LogP contribution < -0.4 is 0 Å². The third-order valence-corrected chi connectivity index (χ3v) is 4.61. The van der Waals surface area contributed by atoms with Crippen molar-refractivity contribution in [1.29, 1.82) is 0 Å². The second-order valence-electron chi connectivity index (χ2n) is 6.33. The molecule has 1 amide bonds. The number of H-pyrrole nitrogens is 1. The molecule has 24 heavy (non-hydrogen) atoms. The minimum Gasteiger partial charge on any atom is -0.346 e. The van der Waals surface area contributed by atoms with Crippen LogP contribution in [0.15, 0.2) is 30.5 Å². The van der Waals surface area contributed by atoms with Gasteiger partial charge in [0.1, 0.15) is 11.3 Å². The molecule has 0 aliphatic carbocycles. The first-order valence-electron chi connectivity index (χ1n) is 8.28. The van der Waals surface area contributed by atoms with E-state index in [-0.39, 0.29) is 5.91 Å². The van der Waals surface area contributed by atoms with E-state index in [9.17, 15) is 4.79 Å². The molecule has 0 saturated carbocycles. The Kier molecular flexibility index (Phi) is 3.76. The van der Waals surface area contributed by atoms with Gasteiger partial charge in [-0.15, -0.1) is 5.10 Å². The van der Waals surface area contributed by atoms with Gasteiger partial charge in [-0.3, -0.25) is 4.79 Å². The molecular formula is C17H20N6O. The smallest absolute Gasteiger partial charge is 0.224 e. The molecule has 0 unspecified atom stereocenters. The fraction of sp³-hybridized carbons (Fsp3) is 0.412. The summed E-state index contributed by atoms with van der Waals surface area (Å²) in [6.45, 7) is 4.09. The Morgan fingerprint density at radius 1 is 1.38 bits per heavy atom. The van der Waals surface area contributed by atoms with Crippen molar-refractivity contribution in [2.75, 3.05) is 13.1 Å². The first-order chi connectivity index (χ1) is 11.7. The molecule has 0 bridgehead atoms. The van der Waals surface area contributed by atoms with Crippen LogP contribution in [-0.2, 0) is 11.3 Å². The van der Waals surface area contributed by atoms with Crippen LogP contribution in [0.1, 0.15) is 30.3 Å². The van der Waals surface area contributed by atoms with Gasteiger partial charge >= 0.3 is 0 Å². The number of hydrogen-bond donors (Lipinski definition) is 1. The van der Waals surface area contributed by atoms with Crippen LogP contribution >= 0.6 is 0 Å². The Morgan fingerprint density at radius 3 is 3.08 bits per heavy atom. The largest absolute Gasteiger partial charge is 0.346 e. The summed E-state index contributed by atoms with van der Waals surface area (Å²) in [6.07, 6.45) is 3.25. The molecule has 1 saturated heterocycles. The third-order valence-electron chi connectivity index (χ3n) is 4.61. The van der Waals surface area contributed by atoms with E-state index in [1.165, 1.54) is 0 Å². The van der Waals surface area contributed by atoms with Crippen molar-refractivity contribution in [2.45, 2.75) is 32.2 Å². The fourth-order valence-electron chi connectivity index (χ4n) is 3.29. The van der Waals surface area contributed by atoms with Gasteiger partial charge in [-0.2, -0.15) is 0 Å². The number of aromatic nitrogens is 5. The number of rotatable bonds is 4. The molecule has 1 aromatic carbocycles. The highest BCUT2D eigenvalue weighted by Gasteiger charge is 2.28. The zero-order chi connectivity index (χ0) is 16.5. The number of aromatic amines is 1. The quantitative estimate of drug-likeness (QED) is 0.794. The van der Waals surface area contributed by atoms with Gasteiger partial charge in [0.15, 0.2) is 0 Å². The van der Waals surface area contributed by atoms with E-state index in [4.69, 9.17) is 0 Å². The van der Waals surface area contributed by atoms with Crippen LogP contribution in [-0.4, -0.2) is 48.9 Å². The summed E-state index contributed by atoms with van der Waals surface area (Å²) in [4.78, 5) is 22.1. The minimum absolute atomic E-state index is 0.167. The van der Waals surface area contributed by atoms with Crippen LogP contribution in [0.25, 0.3) is 11.0 Å². The number of likely N-dealkylation sites (tertiary alicyclic amines) is 1. The Labute approximate surface area is 139 Å². The highest BCUT2D eigenvalue weighted by atomic mass is 16.2. The molecule has 0 radical (unpaired) electrons. The Morgan fingerprint density at radius 2 is 2.25 bits per heavy atom. The monoisotopic (exact) mass is 324 g/mol. The maximum atomic E-state index is 12.5. The van der Waals surface area contributed by atoms with E-state index in [0.29, 0.717) is 18.9 Å². The summed E-state index contributed by atoms with van der Waals surface area (Å²) in [6, 6.07) is 7.80. The number of carbonyl (C=O) groups excluding carboxylic acids is 1. The number of imidazole rings is 1.